The van der Waals surface area contributed by atoms with Gasteiger partial charge in [-0.3, -0.25) is 4.79 Å². The molecular formula is C17H16IN5OS. The predicted molar refractivity (Wildman–Crippen MR) is 107 cm³/mol. The van der Waals surface area contributed by atoms with Crippen LogP contribution in [0, 0.1) is 3.57 Å². The minimum absolute atomic E-state index is 0.0953. The lowest BCUT2D eigenvalue weighted by atomic mass is 10.1. The van der Waals surface area contributed by atoms with Crippen LogP contribution in [0.2, 0.25) is 0 Å². The number of anilines is 1. The van der Waals surface area contributed by atoms with E-state index < -0.39 is 0 Å². The number of hydrogen-bond donors (Lipinski definition) is 1. The number of hydrogen-bond acceptors (Lipinski definition) is 5. The van der Waals surface area contributed by atoms with E-state index >= 15 is 0 Å². The summed E-state index contributed by atoms with van der Waals surface area (Å²) in [6, 6.07) is 15.7. The molecule has 128 valence electrons. The van der Waals surface area contributed by atoms with Crippen molar-refractivity contribution < 1.29 is 4.79 Å². The van der Waals surface area contributed by atoms with Crippen LogP contribution in [-0.4, -0.2) is 31.9 Å². The van der Waals surface area contributed by atoms with Crippen LogP contribution in [0.4, 0.5) is 5.69 Å². The molecular weight excluding hydrogens is 449 g/mol. The highest BCUT2D eigenvalue weighted by molar-refractivity contribution is 14.1. The first-order valence-electron chi connectivity index (χ1n) is 7.71. The molecule has 1 amide bonds. The van der Waals surface area contributed by atoms with Crippen molar-refractivity contribution in [2.24, 2.45) is 0 Å². The summed E-state index contributed by atoms with van der Waals surface area (Å²) < 4.78 is 2.76. The van der Waals surface area contributed by atoms with Gasteiger partial charge in [0.25, 0.3) is 0 Å². The fraction of sp³-hybridized carbons (Fsp3) is 0.176. The lowest BCUT2D eigenvalue weighted by Gasteiger charge is -2.06. The van der Waals surface area contributed by atoms with Crippen molar-refractivity contribution in [1.29, 1.82) is 0 Å². The van der Waals surface area contributed by atoms with Crippen molar-refractivity contribution in [3.8, 4) is 5.69 Å². The number of aryl methyl sites for hydroxylation is 1. The summed E-state index contributed by atoms with van der Waals surface area (Å²) in [5.74, 6) is 0.140. The smallest absolute Gasteiger partial charge is 0.234 e. The molecule has 2 aromatic carbocycles. The largest absolute Gasteiger partial charge is 0.325 e. The molecule has 0 radical (unpaired) electrons. The van der Waals surface area contributed by atoms with Gasteiger partial charge in [0, 0.05) is 9.26 Å². The quantitative estimate of drug-likeness (QED) is 0.445. The Kier molecular flexibility index (Phi) is 6.03. The number of aromatic nitrogens is 4. The maximum atomic E-state index is 12.1. The second kappa shape index (κ2) is 8.43. The Balaban J connectivity index is 1.62. The number of halogens is 1. The summed E-state index contributed by atoms with van der Waals surface area (Å²) in [7, 11) is 0. The summed E-state index contributed by atoms with van der Waals surface area (Å²) in [5, 5.41) is 15.2. The number of rotatable bonds is 6. The summed E-state index contributed by atoms with van der Waals surface area (Å²) in [6.45, 7) is 2.11. The molecule has 25 heavy (non-hydrogen) atoms. The average Bonchev–Trinajstić information content (AvgIpc) is 3.10. The monoisotopic (exact) mass is 465 g/mol. The summed E-state index contributed by atoms with van der Waals surface area (Å²) in [6.07, 6.45) is 0.982. The van der Waals surface area contributed by atoms with Crippen LogP contribution >= 0.6 is 34.4 Å². The Hall–Kier alpha value is -1.94. The molecule has 1 heterocycles. The molecule has 0 bridgehead atoms. The molecule has 1 N–H and O–H groups in total. The molecule has 0 saturated carbocycles. The van der Waals surface area contributed by atoms with Gasteiger partial charge in [-0.1, -0.05) is 30.8 Å². The van der Waals surface area contributed by atoms with Crippen molar-refractivity contribution in [2.45, 2.75) is 18.5 Å². The zero-order valence-corrected chi connectivity index (χ0v) is 16.5. The molecule has 6 nitrogen and oxygen atoms in total. The van der Waals surface area contributed by atoms with Gasteiger partial charge in [0.15, 0.2) is 0 Å². The number of benzene rings is 2. The Bertz CT molecular complexity index is 848. The highest BCUT2D eigenvalue weighted by atomic mass is 127. The van der Waals surface area contributed by atoms with Crippen LogP contribution in [-0.2, 0) is 11.2 Å². The lowest BCUT2D eigenvalue weighted by molar-refractivity contribution is -0.113. The fourth-order valence-electron chi connectivity index (χ4n) is 2.16. The van der Waals surface area contributed by atoms with Crippen molar-refractivity contribution in [1.82, 2.24) is 20.2 Å². The standard InChI is InChI=1S/C17H16IN5OS/c1-2-12-3-9-15(10-4-12)23-17(20-21-22-23)25-11-16(24)19-14-7-5-13(18)6-8-14/h3-10H,2,11H2,1H3,(H,19,24). The van der Waals surface area contributed by atoms with Gasteiger partial charge in [-0.15, -0.1) is 5.10 Å². The number of amides is 1. The topological polar surface area (TPSA) is 72.7 Å². The van der Waals surface area contributed by atoms with Gasteiger partial charge in [0.05, 0.1) is 11.4 Å². The van der Waals surface area contributed by atoms with E-state index in [0.717, 1.165) is 21.4 Å². The van der Waals surface area contributed by atoms with Gasteiger partial charge >= 0.3 is 0 Å². The molecule has 0 saturated heterocycles. The van der Waals surface area contributed by atoms with Crippen molar-refractivity contribution in [2.75, 3.05) is 11.1 Å². The third-order valence-corrected chi connectivity index (χ3v) is 5.13. The van der Waals surface area contributed by atoms with Crippen molar-refractivity contribution in [3.05, 3.63) is 57.7 Å². The Morgan fingerprint density at radius 2 is 1.88 bits per heavy atom. The number of carbonyl (C=O) groups is 1. The van der Waals surface area contributed by atoms with E-state index in [1.165, 1.54) is 17.3 Å². The Labute approximate surface area is 163 Å². The summed E-state index contributed by atoms with van der Waals surface area (Å²) >= 11 is 3.53. The molecule has 0 aliphatic heterocycles. The fourth-order valence-corrected chi connectivity index (χ4v) is 3.21. The molecule has 0 aliphatic rings. The molecule has 8 heteroatoms. The SMILES string of the molecule is CCc1ccc(-n2nnnc2SCC(=O)Nc2ccc(I)cc2)cc1. The van der Waals surface area contributed by atoms with E-state index in [4.69, 9.17) is 0 Å². The van der Waals surface area contributed by atoms with Crippen molar-refractivity contribution >= 4 is 45.9 Å². The molecule has 3 aromatic rings. The summed E-state index contributed by atoms with van der Waals surface area (Å²) in [4.78, 5) is 12.1. The van der Waals surface area contributed by atoms with Gasteiger partial charge in [-0.25, -0.2) is 0 Å². The number of tetrazole rings is 1. The Morgan fingerprint density at radius 3 is 2.56 bits per heavy atom. The average molecular weight is 465 g/mol. The molecule has 0 atom stereocenters. The highest BCUT2D eigenvalue weighted by Gasteiger charge is 2.11. The number of nitrogens with zero attached hydrogens (tertiary/aromatic N) is 4. The van der Waals surface area contributed by atoms with E-state index in [1.54, 1.807) is 4.68 Å². The highest BCUT2D eigenvalue weighted by Crippen LogP contribution is 2.19. The van der Waals surface area contributed by atoms with Crippen LogP contribution in [0.1, 0.15) is 12.5 Å². The van der Waals surface area contributed by atoms with Crippen molar-refractivity contribution in [3.63, 3.8) is 0 Å². The molecule has 1 aromatic heterocycles. The maximum absolute atomic E-state index is 12.1. The molecule has 0 fully saturated rings. The lowest BCUT2D eigenvalue weighted by Crippen LogP contribution is -2.14. The maximum Gasteiger partial charge on any atom is 0.234 e. The predicted octanol–water partition coefficient (Wildman–Crippen LogP) is 3.56. The zero-order valence-electron chi connectivity index (χ0n) is 13.5. The summed E-state index contributed by atoms with van der Waals surface area (Å²) in [5.41, 5.74) is 2.91. The molecule has 3 rings (SSSR count). The third-order valence-electron chi connectivity index (χ3n) is 3.49. The van der Waals surface area contributed by atoms with Crippen LogP contribution < -0.4 is 5.32 Å². The van der Waals surface area contributed by atoms with Crippen LogP contribution in [0.15, 0.2) is 53.7 Å². The van der Waals surface area contributed by atoms with E-state index in [0.29, 0.717) is 5.16 Å². The van der Waals surface area contributed by atoms with Crippen LogP contribution in [0.3, 0.4) is 0 Å². The van der Waals surface area contributed by atoms with E-state index in [2.05, 4.69) is 62.5 Å². The van der Waals surface area contributed by atoms with Gasteiger partial charge in [-0.05, 0) is 81.4 Å². The van der Waals surface area contributed by atoms with Gasteiger partial charge in [-0.2, -0.15) is 4.68 Å². The first-order chi connectivity index (χ1) is 12.2. The second-order valence-electron chi connectivity index (χ2n) is 5.24. The normalized spacial score (nSPS) is 10.6. The minimum Gasteiger partial charge on any atom is -0.325 e. The zero-order chi connectivity index (χ0) is 17.6. The van der Waals surface area contributed by atoms with E-state index in [9.17, 15) is 4.79 Å². The van der Waals surface area contributed by atoms with Gasteiger partial charge < -0.3 is 5.32 Å². The number of nitrogens with one attached hydrogen (secondary N) is 1. The third kappa shape index (κ3) is 4.79. The van der Waals surface area contributed by atoms with Gasteiger partial charge in [0.2, 0.25) is 11.1 Å². The first kappa shape index (κ1) is 17.9. The first-order valence-corrected chi connectivity index (χ1v) is 9.78. The molecule has 0 spiro atoms. The minimum atomic E-state index is -0.0953. The molecule has 0 aliphatic carbocycles. The van der Waals surface area contributed by atoms with E-state index in [-0.39, 0.29) is 11.7 Å². The van der Waals surface area contributed by atoms with E-state index in [1.807, 2.05) is 36.4 Å². The number of carbonyl (C=O) groups excluding carboxylic acids is 1. The molecule has 0 unspecified atom stereocenters. The van der Waals surface area contributed by atoms with Crippen LogP contribution in [0.25, 0.3) is 5.69 Å². The van der Waals surface area contributed by atoms with Gasteiger partial charge in [0.1, 0.15) is 0 Å². The second-order valence-corrected chi connectivity index (χ2v) is 7.43. The van der Waals surface area contributed by atoms with Crippen LogP contribution in [0.5, 0.6) is 0 Å². The Morgan fingerprint density at radius 1 is 1.16 bits per heavy atom. The number of thioether (sulfide) groups is 1.